The van der Waals surface area contributed by atoms with Crippen LogP contribution in [0.5, 0.6) is 0 Å². The third-order valence-electron chi connectivity index (χ3n) is 3.11. The lowest BCUT2D eigenvalue weighted by atomic mass is 10.1. The fourth-order valence-corrected chi connectivity index (χ4v) is 2.77. The standard InChI is InChI=1S/C16H16N2O4S/c1-9-11(17-10(2)19)5-4-6-12(9)18-15(20)13-7-8-14(23-13)16(21)22-3/h4-8H,1-3H3,(H,17,19)(H,18,20). The molecular formula is C16H16N2O4S. The molecule has 0 aliphatic rings. The lowest BCUT2D eigenvalue weighted by Gasteiger charge is -2.12. The first kappa shape index (κ1) is 16.7. The molecule has 0 unspecified atom stereocenters. The Morgan fingerprint density at radius 2 is 1.61 bits per heavy atom. The van der Waals surface area contributed by atoms with Crippen molar-refractivity contribution in [2.45, 2.75) is 13.8 Å². The van der Waals surface area contributed by atoms with Gasteiger partial charge in [0.1, 0.15) is 4.88 Å². The molecule has 1 heterocycles. The average molecular weight is 332 g/mol. The largest absolute Gasteiger partial charge is 0.465 e. The minimum absolute atomic E-state index is 0.183. The highest BCUT2D eigenvalue weighted by atomic mass is 32.1. The first-order valence-electron chi connectivity index (χ1n) is 6.79. The van der Waals surface area contributed by atoms with Gasteiger partial charge in [0.2, 0.25) is 5.91 Å². The quantitative estimate of drug-likeness (QED) is 0.843. The number of anilines is 2. The summed E-state index contributed by atoms with van der Waals surface area (Å²) in [7, 11) is 1.29. The van der Waals surface area contributed by atoms with Crippen LogP contribution in [0.1, 0.15) is 31.8 Å². The second-order valence-electron chi connectivity index (χ2n) is 4.77. The van der Waals surface area contributed by atoms with Gasteiger partial charge >= 0.3 is 5.97 Å². The maximum Gasteiger partial charge on any atom is 0.348 e. The van der Waals surface area contributed by atoms with Crippen molar-refractivity contribution in [2.24, 2.45) is 0 Å². The number of benzene rings is 1. The van der Waals surface area contributed by atoms with Crippen molar-refractivity contribution in [3.63, 3.8) is 0 Å². The number of thiophene rings is 1. The molecule has 2 amide bonds. The molecule has 0 aliphatic heterocycles. The van der Waals surface area contributed by atoms with E-state index in [1.807, 2.05) is 0 Å². The van der Waals surface area contributed by atoms with Crippen LogP contribution < -0.4 is 10.6 Å². The van der Waals surface area contributed by atoms with E-state index in [0.29, 0.717) is 21.1 Å². The van der Waals surface area contributed by atoms with Gasteiger partial charge in [-0.2, -0.15) is 0 Å². The molecule has 23 heavy (non-hydrogen) atoms. The van der Waals surface area contributed by atoms with Crippen LogP contribution >= 0.6 is 11.3 Å². The van der Waals surface area contributed by atoms with E-state index < -0.39 is 5.97 Å². The zero-order chi connectivity index (χ0) is 17.0. The SMILES string of the molecule is COC(=O)c1ccc(C(=O)Nc2cccc(NC(C)=O)c2C)s1. The Balaban J connectivity index is 2.18. The number of ether oxygens (including phenoxy) is 1. The molecular weight excluding hydrogens is 316 g/mol. The lowest BCUT2D eigenvalue weighted by molar-refractivity contribution is -0.114. The van der Waals surface area contributed by atoms with Crippen LogP contribution in [0.4, 0.5) is 11.4 Å². The predicted octanol–water partition coefficient (Wildman–Crippen LogP) is 3.05. The molecule has 0 saturated heterocycles. The second-order valence-corrected chi connectivity index (χ2v) is 5.85. The maximum absolute atomic E-state index is 12.3. The third-order valence-corrected chi connectivity index (χ3v) is 4.17. The molecule has 0 spiro atoms. The Hall–Kier alpha value is -2.67. The fourth-order valence-electron chi connectivity index (χ4n) is 1.95. The first-order valence-corrected chi connectivity index (χ1v) is 7.60. The summed E-state index contributed by atoms with van der Waals surface area (Å²) in [6.07, 6.45) is 0. The van der Waals surface area contributed by atoms with E-state index >= 15 is 0 Å². The number of carbonyl (C=O) groups is 3. The van der Waals surface area contributed by atoms with Gasteiger partial charge in [-0.15, -0.1) is 11.3 Å². The summed E-state index contributed by atoms with van der Waals surface area (Å²) < 4.78 is 4.62. The Morgan fingerprint density at radius 3 is 2.22 bits per heavy atom. The van der Waals surface area contributed by atoms with E-state index in [-0.39, 0.29) is 11.8 Å². The van der Waals surface area contributed by atoms with Crippen LogP contribution in [-0.4, -0.2) is 24.9 Å². The van der Waals surface area contributed by atoms with Crippen molar-refractivity contribution in [1.29, 1.82) is 0 Å². The molecule has 2 N–H and O–H groups in total. The smallest absolute Gasteiger partial charge is 0.348 e. The maximum atomic E-state index is 12.3. The van der Waals surface area contributed by atoms with Crippen LogP contribution in [-0.2, 0) is 9.53 Å². The van der Waals surface area contributed by atoms with Gasteiger partial charge in [0, 0.05) is 18.3 Å². The normalized spacial score (nSPS) is 10.0. The predicted molar refractivity (Wildman–Crippen MR) is 89.1 cm³/mol. The van der Waals surface area contributed by atoms with Gasteiger partial charge in [0.25, 0.3) is 5.91 Å². The number of carbonyl (C=O) groups excluding carboxylic acids is 3. The average Bonchev–Trinajstić information content (AvgIpc) is 3.00. The minimum atomic E-state index is -0.474. The summed E-state index contributed by atoms with van der Waals surface area (Å²) in [4.78, 5) is 35.6. The molecule has 120 valence electrons. The summed E-state index contributed by atoms with van der Waals surface area (Å²) in [5.41, 5.74) is 1.98. The van der Waals surface area contributed by atoms with Crippen LogP contribution in [0.2, 0.25) is 0 Å². The molecule has 2 aromatic rings. The molecule has 2 rings (SSSR count). The Morgan fingerprint density at radius 1 is 1.00 bits per heavy atom. The van der Waals surface area contributed by atoms with Crippen molar-refractivity contribution in [3.8, 4) is 0 Å². The number of esters is 1. The van der Waals surface area contributed by atoms with Crippen molar-refractivity contribution < 1.29 is 19.1 Å². The topological polar surface area (TPSA) is 84.5 Å². The van der Waals surface area contributed by atoms with Gasteiger partial charge < -0.3 is 15.4 Å². The summed E-state index contributed by atoms with van der Waals surface area (Å²) in [6, 6.07) is 8.35. The molecule has 0 aliphatic carbocycles. The monoisotopic (exact) mass is 332 g/mol. The van der Waals surface area contributed by atoms with Gasteiger partial charge in [-0.3, -0.25) is 9.59 Å². The van der Waals surface area contributed by atoms with Crippen LogP contribution in [0, 0.1) is 6.92 Å². The molecule has 1 aromatic carbocycles. The Bertz CT molecular complexity index is 767. The summed E-state index contributed by atoms with van der Waals surface area (Å²) in [5, 5.41) is 5.48. The summed E-state index contributed by atoms with van der Waals surface area (Å²) in [5.74, 6) is -0.983. The molecule has 0 atom stereocenters. The minimum Gasteiger partial charge on any atom is -0.465 e. The number of methoxy groups -OCH3 is 1. The van der Waals surface area contributed by atoms with Crippen molar-refractivity contribution in [3.05, 3.63) is 45.6 Å². The van der Waals surface area contributed by atoms with E-state index in [0.717, 1.165) is 16.9 Å². The van der Waals surface area contributed by atoms with Crippen LogP contribution in [0.15, 0.2) is 30.3 Å². The van der Waals surface area contributed by atoms with Gasteiger partial charge in [-0.1, -0.05) is 6.07 Å². The van der Waals surface area contributed by atoms with Crippen LogP contribution in [0.25, 0.3) is 0 Å². The first-order chi connectivity index (χ1) is 10.9. The van der Waals surface area contributed by atoms with Gasteiger partial charge in [-0.25, -0.2) is 4.79 Å². The van der Waals surface area contributed by atoms with Crippen molar-refractivity contribution in [2.75, 3.05) is 17.7 Å². The van der Waals surface area contributed by atoms with Crippen molar-refractivity contribution in [1.82, 2.24) is 0 Å². The van der Waals surface area contributed by atoms with Crippen molar-refractivity contribution >= 4 is 40.5 Å². The molecule has 0 fully saturated rings. The van der Waals surface area contributed by atoms with E-state index in [1.54, 1.807) is 37.3 Å². The summed E-state index contributed by atoms with van der Waals surface area (Å²) >= 11 is 1.06. The second kappa shape index (κ2) is 7.06. The van der Waals surface area contributed by atoms with E-state index in [9.17, 15) is 14.4 Å². The number of rotatable bonds is 4. The van der Waals surface area contributed by atoms with Gasteiger partial charge in [0.15, 0.2) is 0 Å². The zero-order valence-corrected chi connectivity index (χ0v) is 13.7. The van der Waals surface area contributed by atoms with E-state index in [1.165, 1.54) is 14.0 Å². The third kappa shape index (κ3) is 3.95. The Kier molecular flexibility index (Phi) is 5.13. The number of amides is 2. The number of nitrogens with one attached hydrogen (secondary N) is 2. The van der Waals surface area contributed by atoms with Gasteiger partial charge in [-0.05, 0) is 36.8 Å². The highest BCUT2D eigenvalue weighted by Crippen LogP contribution is 2.25. The molecule has 0 saturated carbocycles. The Labute approximate surface area is 137 Å². The van der Waals surface area contributed by atoms with E-state index in [4.69, 9.17) is 0 Å². The lowest BCUT2D eigenvalue weighted by Crippen LogP contribution is -2.13. The fraction of sp³-hybridized carbons (Fsp3) is 0.188. The zero-order valence-electron chi connectivity index (χ0n) is 12.9. The summed E-state index contributed by atoms with van der Waals surface area (Å²) in [6.45, 7) is 3.22. The molecule has 7 heteroatoms. The van der Waals surface area contributed by atoms with Gasteiger partial charge in [0.05, 0.1) is 12.0 Å². The molecule has 1 aromatic heterocycles. The number of hydrogen-bond acceptors (Lipinski definition) is 5. The van der Waals surface area contributed by atoms with Crippen LogP contribution in [0.3, 0.4) is 0 Å². The highest BCUT2D eigenvalue weighted by Gasteiger charge is 2.15. The number of hydrogen-bond donors (Lipinski definition) is 2. The highest BCUT2D eigenvalue weighted by molar-refractivity contribution is 7.16. The van der Waals surface area contributed by atoms with E-state index in [2.05, 4.69) is 15.4 Å². The molecule has 0 radical (unpaired) electrons. The molecule has 0 bridgehead atoms. The molecule has 6 nitrogen and oxygen atoms in total.